The summed E-state index contributed by atoms with van der Waals surface area (Å²) in [6, 6.07) is 6.58. The van der Waals surface area contributed by atoms with Gasteiger partial charge in [0.15, 0.2) is 5.82 Å². The molecular formula is C15H18N4O2. The molecule has 0 aliphatic rings. The van der Waals surface area contributed by atoms with Crippen molar-refractivity contribution in [1.82, 2.24) is 15.0 Å². The Balaban J connectivity index is 2.29. The Kier molecular flexibility index (Phi) is 4.81. The van der Waals surface area contributed by atoms with Crippen molar-refractivity contribution < 1.29 is 9.90 Å². The number of aromatic nitrogens is 3. The number of nitrogens with zero attached hydrogens (tertiary/aromatic N) is 3. The summed E-state index contributed by atoms with van der Waals surface area (Å²) in [5.74, 6) is 0.107. The van der Waals surface area contributed by atoms with Crippen LogP contribution in [0.4, 0.5) is 5.82 Å². The summed E-state index contributed by atoms with van der Waals surface area (Å²) in [4.78, 5) is 24.1. The van der Waals surface area contributed by atoms with Crippen LogP contribution in [0.5, 0.6) is 0 Å². The zero-order chi connectivity index (χ0) is 15.2. The maximum absolute atomic E-state index is 11.2. The predicted molar refractivity (Wildman–Crippen MR) is 80.0 cm³/mol. The van der Waals surface area contributed by atoms with E-state index in [1.54, 1.807) is 12.3 Å². The molecule has 110 valence electrons. The standard InChI is InChI=1S/C15H18N4O2/c1-3-6-12(15(20)21)18-13-9-10(2)17-14(19-13)11-7-4-5-8-16-11/h4-5,7-9,12H,3,6H2,1-2H3,(H,20,21)(H,17,18,19). The van der Waals surface area contributed by atoms with Gasteiger partial charge in [-0.05, 0) is 25.5 Å². The van der Waals surface area contributed by atoms with Gasteiger partial charge in [0, 0.05) is 18.0 Å². The van der Waals surface area contributed by atoms with E-state index in [-0.39, 0.29) is 0 Å². The highest BCUT2D eigenvalue weighted by molar-refractivity contribution is 5.77. The van der Waals surface area contributed by atoms with E-state index in [1.807, 2.05) is 32.0 Å². The summed E-state index contributed by atoms with van der Waals surface area (Å²) in [6.45, 7) is 3.79. The van der Waals surface area contributed by atoms with E-state index in [9.17, 15) is 9.90 Å². The molecule has 2 heterocycles. The number of aliphatic carboxylic acids is 1. The van der Waals surface area contributed by atoms with Crippen LogP contribution < -0.4 is 5.32 Å². The fourth-order valence-electron chi connectivity index (χ4n) is 1.98. The Hall–Kier alpha value is -2.50. The third kappa shape index (κ3) is 3.98. The molecule has 0 fully saturated rings. The first-order valence-corrected chi connectivity index (χ1v) is 6.86. The molecule has 2 aromatic rings. The molecule has 0 aliphatic carbocycles. The monoisotopic (exact) mass is 286 g/mol. The topological polar surface area (TPSA) is 88.0 Å². The van der Waals surface area contributed by atoms with Gasteiger partial charge in [0.1, 0.15) is 17.6 Å². The zero-order valence-corrected chi connectivity index (χ0v) is 12.1. The van der Waals surface area contributed by atoms with Gasteiger partial charge >= 0.3 is 5.97 Å². The number of carboxylic acid groups (broad SMARTS) is 1. The van der Waals surface area contributed by atoms with Gasteiger partial charge in [-0.25, -0.2) is 14.8 Å². The van der Waals surface area contributed by atoms with Crippen LogP contribution in [0.2, 0.25) is 0 Å². The minimum absolute atomic E-state index is 0.485. The average Bonchev–Trinajstić information content (AvgIpc) is 2.47. The van der Waals surface area contributed by atoms with Crippen LogP contribution in [0.15, 0.2) is 30.5 Å². The molecule has 2 N–H and O–H groups in total. The lowest BCUT2D eigenvalue weighted by molar-refractivity contribution is -0.138. The maximum atomic E-state index is 11.2. The summed E-state index contributed by atoms with van der Waals surface area (Å²) < 4.78 is 0. The number of pyridine rings is 1. The summed E-state index contributed by atoms with van der Waals surface area (Å²) in [5, 5.41) is 12.2. The summed E-state index contributed by atoms with van der Waals surface area (Å²) in [7, 11) is 0. The first-order chi connectivity index (χ1) is 10.1. The summed E-state index contributed by atoms with van der Waals surface area (Å²) in [5.41, 5.74) is 1.42. The van der Waals surface area contributed by atoms with Gasteiger partial charge in [0.2, 0.25) is 0 Å². The second-order valence-electron chi connectivity index (χ2n) is 4.76. The first-order valence-electron chi connectivity index (χ1n) is 6.86. The Morgan fingerprint density at radius 2 is 2.19 bits per heavy atom. The number of rotatable bonds is 6. The smallest absolute Gasteiger partial charge is 0.326 e. The molecule has 1 atom stereocenters. The highest BCUT2D eigenvalue weighted by Crippen LogP contribution is 2.16. The largest absolute Gasteiger partial charge is 0.480 e. The lowest BCUT2D eigenvalue weighted by Crippen LogP contribution is -2.29. The molecule has 21 heavy (non-hydrogen) atoms. The normalized spacial score (nSPS) is 11.9. The Labute approximate surface area is 123 Å². The van der Waals surface area contributed by atoms with Crippen LogP contribution in [0, 0.1) is 6.92 Å². The Bertz CT molecular complexity index is 616. The van der Waals surface area contributed by atoms with Crippen LogP contribution in [-0.4, -0.2) is 32.1 Å². The van der Waals surface area contributed by atoms with Crippen molar-refractivity contribution in [2.24, 2.45) is 0 Å². The number of carboxylic acids is 1. The van der Waals surface area contributed by atoms with Crippen LogP contribution in [0.3, 0.4) is 0 Å². The third-order valence-electron chi connectivity index (χ3n) is 2.95. The zero-order valence-electron chi connectivity index (χ0n) is 12.1. The molecule has 6 nitrogen and oxygen atoms in total. The van der Waals surface area contributed by atoms with Gasteiger partial charge in [-0.3, -0.25) is 4.98 Å². The van der Waals surface area contributed by atoms with Crippen molar-refractivity contribution in [3.05, 3.63) is 36.2 Å². The molecule has 6 heteroatoms. The molecule has 0 aliphatic heterocycles. The van der Waals surface area contributed by atoms with Crippen LogP contribution >= 0.6 is 0 Å². The molecule has 0 amide bonds. The number of anilines is 1. The average molecular weight is 286 g/mol. The SMILES string of the molecule is CCCC(Nc1cc(C)nc(-c2ccccn2)n1)C(=O)O. The lowest BCUT2D eigenvalue weighted by Gasteiger charge is -2.15. The highest BCUT2D eigenvalue weighted by atomic mass is 16.4. The number of carbonyl (C=O) groups is 1. The second kappa shape index (κ2) is 6.78. The molecular weight excluding hydrogens is 268 g/mol. The van der Waals surface area contributed by atoms with Crippen molar-refractivity contribution in [3.8, 4) is 11.5 Å². The van der Waals surface area contributed by atoms with Crippen molar-refractivity contribution in [2.45, 2.75) is 32.7 Å². The molecule has 0 saturated carbocycles. The fourth-order valence-corrected chi connectivity index (χ4v) is 1.98. The minimum Gasteiger partial charge on any atom is -0.480 e. The highest BCUT2D eigenvalue weighted by Gasteiger charge is 2.17. The molecule has 0 radical (unpaired) electrons. The number of hydrogen-bond donors (Lipinski definition) is 2. The van der Waals surface area contributed by atoms with Crippen LogP contribution in [-0.2, 0) is 4.79 Å². The molecule has 0 saturated heterocycles. The van der Waals surface area contributed by atoms with Crippen molar-refractivity contribution in [1.29, 1.82) is 0 Å². The lowest BCUT2D eigenvalue weighted by atomic mass is 10.1. The van der Waals surface area contributed by atoms with Crippen molar-refractivity contribution in [2.75, 3.05) is 5.32 Å². The van der Waals surface area contributed by atoms with E-state index in [0.717, 1.165) is 12.1 Å². The van der Waals surface area contributed by atoms with Gasteiger partial charge in [0.25, 0.3) is 0 Å². The second-order valence-corrected chi connectivity index (χ2v) is 4.76. The van der Waals surface area contributed by atoms with Crippen molar-refractivity contribution in [3.63, 3.8) is 0 Å². The predicted octanol–water partition coefficient (Wildman–Crippen LogP) is 2.51. The minimum atomic E-state index is -0.882. The molecule has 0 bridgehead atoms. The van der Waals surface area contributed by atoms with Crippen molar-refractivity contribution >= 4 is 11.8 Å². The van der Waals surface area contributed by atoms with E-state index in [1.165, 1.54) is 0 Å². The molecule has 0 spiro atoms. The van der Waals surface area contributed by atoms with E-state index < -0.39 is 12.0 Å². The van der Waals surface area contributed by atoms with E-state index in [2.05, 4.69) is 20.3 Å². The number of aryl methyl sites for hydroxylation is 1. The van der Waals surface area contributed by atoms with Gasteiger partial charge in [-0.1, -0.05) is 19.4 Å². The summed E-state index contributed by atoms with van der Waals surface area (Å²) >= 11 is 0. The van der Waals surface area contributed by atoms with E-state index in [4.69, 9.17) is 0 Å². The molecule has 2 aromatic heterocycles. The first kappa shape index (κ1) is 14.9. The number of hydrogen-bond acceptors (Lipinski definition) is 5. The fraction of sp³-hybridized carbons (Fsp3) is 0.333. The summed E-state index contributed by atoms with van der Waals surface area (Å²) in [6.07, 6.45) is 2.99. The third-order valence-corrected chi connectivity index (χ3v) is 2.95. The molecule has 0 aromatic carbocycles. The van der Waals surface area contributed by atoms with Gasteiger partial charge in [-0.15, -0.1) is 0 Å². The van der Waals surface area contributed by atoms with E-state index >= 15 is 0 Å². The number of nitrogens with one attached hydrogen (secondary N) is 1. The van der Waals surface area contributed by atoms with Crippen LogP contribution in [0.1, 0.15) is 25.5 Å². The maximum Gasteiger partial charge on any atom is 0.326 e. The Morgan fingerprint density at radius 3 is 2.81 bits per heavy atom. The Morgan fingerprint density at radius 1 is 1.38 bits per heavy atom. The van der Waals surface area contributed by atoms with E-state index in [0.29, 0.717) is 23.8 Å². The molecule has 2 rings (SSSR count). The van der Waals surface area contributed by atoms with Gasteiger partial charge < -0.3 is 10.4 Å². The molecule has 1 unspecified atom stereocenters. The quantitative estimate of drug-likeness (QED) is 0.848. The van der Waals surface area contributed by atoms with Gasteiger partial charge in [-0.2, -0.15) is 0 Å². The van der Waals surface area contributed by atoms with Gasteiger partial charge in [0.05, 0.1) is 0 Å². The van der Waals surface area contributed by atoms with Crippen LogP contribution in [0.25, 0.3) is 11.5 Å².